The van der Waals surface area contributed by atoms with Gasteiger partial charge in [0.05, 0.1) is 22.5 Å². The van der Waals surface area contributed by atoms with Crippen molar-refractivity contribution in [3.63, 3.8) is 0 Å². The van der Waals surface area contributed by atoms with Crippen LogP contribution in [-0.4, -0.2) is 22.0 Å². The Morgan fingerprint density at radius 2 is 1.74 bits per heavy atom. The van der Waals surface area contributed by atoms with Crippen molar-refractivity contribution in [1.29, 1.82) is 0 Å². The molecule has 7 heteroatoms. The van der Waals surface area contributed by atoms with Gasteiger partial charge in [-0.05, 0) is 42.7 Å². The number of rotatable bonds is 8. The summed E-state index contributed by atoms with van der Waals surface area (Å²) >= 11 is 0. The fourth-order valence-electron chi connectivity index (χ4n) is 4.63. The number of hydroxylamine groups is 1. The summed E-state index contributed by atoms with van der Waals surface area (Å²) in [4.78, 5) is 28.6. The molecule has 2 atom stereocenters. The number of carbonyl (C=O) groups excluding carboxylic acids is 2. The Morgan fingerprint density at radius 3 is 2.46 bits per heavy atom. The second-order valence-corrected chi connectivity index (χ2v) is 8.91. The zero-order valence-electron chi connectivity index (χ0n) is 19.0. The second kappa shape index (κ2) is 9.19. The van der Waals surface area contributed by atoms with Gasteiger partial charge in [-0.15, -0.1) is 0 Å². The van der Waals surface area contributed by atoms with E-state index < -0.39 is 23.1 Å². The SMILES string of the molecule is NC(=O)[C@@]1(Cc2ccc(OCc3cc(-c4ccccc4)nc4ccccc34)cc2)C[C@@H]1C(=O)NO. The van der Waals surface area contributed by atoms with Crippen LogP contribution in [-0.2, 0) is 22.6 Å². The van der Waals surface area contributed by atoms with E-state index in [4.69, 9.17) is 20.7 Å². The van der Waals surface area contributed by atoms with Gasteiger partial charge in [-0.3, -0.25) is 14.8 Å². The monoisotopic (exact) mass is 467 g/mol. The first-order valence-electron chi connectivity index (χ1n) is 11.4. The molecule has 0 aliphatic heterocycles. The van der Waals surface area contributed by atoms with E-state index in [9.17, 15) is 9.59 Å². The number of para-hydroxylation sites is 1. The van der Waals surface area contributed by atoms with E-state index in [1.807, 2.05) is 78.9 Å². The van der Waals surface area contributed by atoms with Gasteiger partial charge in [0.2, 0.25) is 11.8 Å². The predicted octanol–water partition coefficient (Wildman–Crippen LogP) is 4.02. The van der Waals surface area contributed by atoms with Crippen molar-refractivity contribution in [2.75, 3.05) is 0 Å². The Morgan fingerprint density at radius 1 is 1.03 bits per heavy atom. The molecule has 0 spiro atoms. The van der Waals surface area contributed by atoms with Gasteiger partial charge >= 0.3 is 0 Å². The highest BCUT2D eigenvalue weighted by Crippen LogP contribution is 2.54. The normalized spacial score (nSPS) is 18.7. The third kappa shape index (κ3) is 4.46. The van der Waals surface area contributed by atoms with Gasteiger partial charge in [0, 0.05) is 16.5 Å². The van der Waals surface area contributed by atoms with Crippen LogP contribution < -0.4 is 16.0 Å². The van der Waals surface area contributed by atoms with Crippen LogP contribution in [0, 0.1) is 11.3 Å². The van der Waals surface area contributed by atoms with Crippen LogP contribution in [0.15, 0.2) is 84.9 Å². The Hall–Kier alpha value is -4.23. The molecule has 4 N–H and O–H groups in total. The Kier molecular flexibility index (Phi) is 5.93. The first-order valence-corrected chi connectivity index (χ1v) is 11.4. The summed E-state index contributed by atoms with van der Waals surface area (Å²) in [5.41, 5.74) is 11.0. The molecule has 3 aromatic carbocycles. The van der Waals surface area contributed by atoms with Gasteiger partial charge in [-0.2, -0.15) is 0 Å². The van der Waals surface area contributed by atoms with Crippen molar-refractivity contribution in [1.82, 2.24) is 10.5 Å². The van der Waals surface area contributed by atoms with Crippen LogP contribution in [0.2, 0.25) is 0 Å². The molecule has 0 unspecified atom stereocenters. The molecule has 1 saturated carbocycles. The molecule has 1 aliphatic rings. The summed E-state index contributed by atoms with van der Waals surface area (Å²) in [5.74, 6) is -1.04. The molecule has 1 fully saturated rings. The number of pyridine rings is 1. The first kappa shape index (κ1) is 22.6. The van der Waals surface area contributed by atoms with E-state index >= 15 is 0 Å². The maximum atomic E-state index is 12.0. The Balaban J connectivity index is 1.33. The van der Waals surface area contributed by atoms with E-state index in [0.29, 0.717) is 25.2 Å². The lowest BCUT2D eigenvalue weighted by Gasteiger charge is -2.14. The van der Waals surface area contributed by atoms with Gasteiger partial charge in [0.1, 0.15) is 12.4 Å². The number of fused-ring (bicyclic) bond motifs is 1. The molecule has 5 rings (SSSR count). The minimum absolute atomic E-state index is 0.325. The zero-order valence-corrected chi connectivity index (χ0v) is 19.0. The van der Waals surface area contributed by atoms with Gasteiger partial charge in [0.25, 0.3) is 0 Å². The average molecular weight is 468 g/mol. The number of hydrogen-bond donors (Lipinski definition) is 3. The molecule has 176 valence electrons. The van der Waals surface area contributed by atoms with Crippen molar-refractivity contribution in [2.24, 2.45) is 17.1 Å². The molecule has 4 aromatic rings. The molecule has 1 aromatic heterocycles. The number of nitrogens with one attached hydrogen (secondary N) is 1. The van der Waals surface area contributed by atoms with Crippen LogP contribution in [0.25, 0.3) is 22.2 Å². The highest BCUT2D eigenvalue weighted by atomic mass is 16.5. The highest BCUT2D eigenvalue weighted by Gasteiger charge is 2.62. The number of amides is 2. The van der Waals surface area contributed by atoms with Gasteiger partial charge in [-0.1, -0.05) is 60.7 Å². The van der Waals surface area contributed by atoms with Gasteiger partial charge in [0.15, 0.2) is 0 Å². The Bertz CT molecular complexity index is 1390. The van der Waals surface area contributed by atoms with E-state index in [0.717, 1.165) is 33.3 Å². The van der Waals surface area contributed by atoms with Gasteiger partial charge < -0.3 is 10.5 Å². The third-order valence-electron chi connectivity index (χ3n) is 6.70. The summed E-state index contributed by atoms with van der Waals surface area (Å²) in [5, 5.41) is 9.93. The van der Waals surface area contributed by atoms with Crippen molar-refractivity contribution >= 4 is 22.7 Å². The molecule has 0 bridgehead atoms. The second-order valence-electron chi connectivity index (χ2n) is 8.91. The quantitative estimate of drug-likeness (QED) is 0.267. The topological polar surface area (TPSA) is 115 Å². The predicted molar refractivity (Wildman–Crippen MR) is 131 cm³/mol. The van der Waals surface area contributed by atoms with Crippen LogP contribution in [0.3, 0.4) is 0 Å². The molecular weight excluding hydrogens is 442 g/mol. The summed E-state index contributed by atoms with van der Waals surface area (Å²) in [6.45, 7) is 0.367. The molecule has 1 heterocycles. The van der Waals surface area contributed by atoms with E-state index in [2.05, 4.69) is 6.07 Å². The molecule has 1 aliphatic carbocycles. The van der Waals surface area contributed by atoms with E-state index in [1.165, 1.54) is 0 Å². The molecule has 2 amide bonds. The van der Waals surface area contributed by atoms with Crippen LogP contribution >= 0.6 is 0 Å². The number of ether oxygens (including phenoxy) is 1. The van der Waals surface area contributed by atoms with E-state index in [-0.39, 0.29) is 0 Å². The molecule has 0 radical (unpaired) electrons. The maximum Gasteiger partial charge on any atom is 0.247 e. The largest absolute Gasteiger partial charge is 0.489 e. The zero-order chi connectivity index (χ0) is 24.4. The molecule has 7 nitrogen and oxygen atoms in total. The molecular formula is C28H25N3O4. The number of nitrogens with two attached hydrogens (primary N) is 1. The van der Waals surface area contributed by atoms with Crippen LogP contribution in [0.5, 0.6) is 5.75 Å². The fourth-order valence-corrected chi connectivity index (χ4v) is 4.63. The van der Waals surface area contributed by atoms with Gasteiger partial charge in [-0.25, -0.2) is 10.5 Å². The van der Waals surface area contributed by atoms with Crippen LogP contribution in [0.4, 0.5) is 0 Å². The molecule has 35 heavy (non-hydrogen) atoms. The number of primary amides is 1. The lowest BCUT2D eigenvalue weighted by atomic mass is 9.93. The van der Waals surface area contributed by atoms with Crippen molar-refractivity contribution < 1.29 is 19.5 Å². The average Bonchev–Trinajstić information content (AvgIpc) is 3.63. The summed E-state index contributed by atoms with van der Waals surface area (Å²) in [6, 6.07) is 27.5. The number of nitrogens with zero attached hydrogens (tertiary/aromatic N) is 1. The fraction of sp³-hybridized carbons (Fsp3) is 0.179. The lowest BCUT2D eigenvalue weighted by Crippen LogP contribution is -2.33. The summed E-state index contributed by atoms with van der Waals surface area (Å²) < 4.78 is 6.10. The third-order valence-corrected chi connectivity index (χ3v) is 6.70. The highest BCUT2D eigenvalue weighted by molar-refractivity contribution is 5.95. The number of benzene rings is 3. The minimum Gasteiger partial charge on any atom is -0.489 e. The van der Waals surface area contributed by atoms with Crippen molar-refractivity contribution in [3.8, 4) is 17.0 Å². The number of aromatic nitrogens is 1. The lowest BCUT2D eigenvalue weighted by molar-refractivity contribution is -0.134. The standard InChI is InChI=1S/C28H25N3O4/c29-27(33)28(16-23(28)26(32)31-34)15-18-10-12-21(13-11-18)35-17-20-14-25(19-6-2-1-3-7-19)30-24-9-5-4-8-22(20)24/h1-14,23,34H,15-17H2,(H2,29,33)(H,31,32)/t23-,28+/m1/s1. The minimum atomic E-state index is -0.959. The number of hydrogen-bond acceptors (Lipinski definition) is 5. The van der Waals surface area contributed by atoms with Crippen molar-refractivity contribution in [2.45, 2.75) is 19.4 Å². The summed E-state index contributed by atoms with van der Waals surface area (Å²) in [7, 11) is 0. The van der Waals surface area contributed by atoms with E-state index in [1.54, 1.807) is 5.48 Å². The maximum absolute atomic E-state index is 12.0. The summed E-state index contributed by atoms with van der Waals surface area (Å²) in [6.07, 6.45) is 0.655. The number of carbonyl (C=O) groups is 2. The smallest absolute Gasteiger partial charge is 0.247 e. The van der Waals surface area contributed by atoms with Crippen molar-refractivity contribution in [3.05, 3.63) is 96.1 Å². The Labute approximate surface area is 202 Å². The molecule has 0 saturated heterocycles. The van der Waals surface area contributed by atoms with Crippen LogP contribution in [0.1, 0.15) is 17.5 Å². The first-order chi connectivity index (χ1) is 17.0.